The maximum atomic E-state index is 12.2. The SMILES string of the molecule is CC(C)CC(=O)[C@H]1CCC[C@@H]1N1C(=O)C=CC1=O. The van der Waals surface area contributed by atoms with Crippen LogP contribution in [-0.2, 0) is 14.4 Å². The van der Waals surface area contributed by atoms with Crippen LogP contribution in [0, 0.1) is 11.8 Å². The van der Waals surface area contributed by atoms with E-state index in [9.17, 15) is 14.4 Å². The van der Waals surface area contributed by atoms with Gasteiger partial charge in [0.2, 0.25) is 0 Å². The Kier molecular flexibility index (Phi) is 3.64. The average molecular weight is 249 g/mol. The molecule has 0 bridgehead atoms. The highest BCUT2D eigenvalue weighted by Gasteiger charge is 2.41. The zero-order chi connectivity index (χ0) is 13.3. The summed E-state index contributed by atoms with van der Waals surface area (Å²) in [5.74, 6) is -0.175. The largest absolute Gasteiger partial charge is 0.299 e. The lowest BCUT2D eigenvalue weighted by molar-refractivity contribution is -0.141. The molecule has 0 radical (unpaired) electrons. The number of hydrogen-bond donors (Lipinski definition) is 0. The van der Waals surface area contributed by atoms with Gasteiger partial charge >= 0.3 is 0 Å². The van der Waals surface area contributed by atoms with E-state index in [0.29, 0.717) is 12.3 Å². The summed E-state index contributed by atoms with van der Waals surface area (Å²) >= 11 is 0. The molecule has 98 valence electrons. The van der Waals surface area contributed by atoms with Crippen LogP contribution in [0.4, 0.5) is 0 Å². The molecular formula is C14H19NO3. The summed E-state index contributed by atoms with van der Waals surface area (Å²) in [4.78, 5) is 36.8. The first kappa shape index (κ1) is 13.0. The third-order valence-electron chi connectivity index (χ3n) is 3.68. The van der Waals surface area contributed by atoms with Crippen molar-refractivity contribution in [3.8, 4) is 0 Å². The number of imide groups is 1. The molecule has 4 nitrogen and oxygen atoms in total. The first-order valence-corrected chi connectivity index (χ1v) is 6.58. The molecule has 0 aromatic heterocycles. The van der Waals surface area contributed by atoms with Gasteiger partial charge in [-0.1, -0.05) is 20.3 Å². The average Bonchev–Trinajstić information content (AvgIpc) is 2.84. The van der Waals surface area contributed by atoms with Gasteiger partial charge in [0.15, 0.2) is 0 Å². The molecule has 18 heavy (non-hydrogen) atoms. The summed E-state index contributed by atoms with van der Waals surface area (Å²) in [6.07, 6.45) is 5.59. The van der Waals surface area contributed by atoms with Crippen LogP contribution in [0.3, 0.4) is 0 Å². The number of rotatable bonds is 4. The predicted octanol–water partition coefficient (Wildman–Crippen LogP) is 1.70. The van der Waals surface area contributed by atoms with E-state index >= 15 is 0 Å². The van der Waals surface area contributed by atoms with Crippen LogP contribution < -0.4 is 0 Å². The number of carbonyl (C=O) groups excluding carboxylic acids is 3. The van der Waals surface area contributed by atoms with E-state index in [1.54, 1.807) is 0 Å². The van der Waals surface area contributed by atoms with Crippen molar-refractivity contribution in [1.82, 2.24) is 4.90 Å². The fourth-order valence-corrected chi connectivity index (χ4v) is 2.92. The van der Waals surface area contributed by atoms with Gasteiger partial charge in [-0.25, -0.2) is 0 Å². The molecule has 1 heterocycles. The second-order valence-corrected chi connectivity index (χ2v) is 5.55. The maximum absolute atomic E-state index is 12.2. The smallest absolute Gasteiger partial charge is 0.253 e. The van der Waals surface area contributed by atoms with E-state index in [2.05, 4.69) is 0 Å². The molecule has 0 aromatic carbocycles. The zero-order valence-electron chi connectivity index (χ0n) is 10.9. The molecule has 1 saturated carbocycles. The topological polar surface area (TPSA) is 54.5 Å². The Morgan fingerprint density at radius 3 is 2.44 bits per heavy atom. The molecule has 0 spiro atoms. The summed E-state index contributed by atoms with van der Waals surface area (Å²) in [5.41, 5.74) is 0. The Morgan fingerprint density at radius 1 is 1.28 bits per heavy atom. The van der Waals surface area contributed by atoms with Crippen molar-refractivity contribution in [1.29, 1.82) is 0 Å². The summed E-state index contributed by atoms with van der Waals surface area (Å²) in [5, 5.41) is 0. The van der Waals surface area contributed by atoms with Gasteiger partial charge < -0.3 is 0 Å². The Labute approximate surface area is 107 Å². The van der Waals surface area contributed by atoms with Crippen molar-refractivity contribution in [3.05, 3.63) is 12.2 Å². The highest BCUT2D eigenvalue weighted by Crippen LogP contribution is 2.33. The Bertz CT molecular complexity index is 393. The van der Waals surface area contributed by atoms with Gasteiger partial charge in [0.05, 0.1) is 6.04 Å². The first-order chi connectivity index (χ1) is 8.50. The number of amides is 2. The molecule has 2 atom stereocenters. The molecule has 0 unspecified atom stereocenters. The Morgan fingerprint density at radius 2 is 1.89 bits per heavy atom. The van der Waals surface area contributed by atoms with Crippen LogP contribution >= 0.6 is 0 Å². The van der Waals surface area contributed by atoms with Crippen LogP contribution in [0.25, 0.3) is 0 Å². The van der Waals surface area contributed by atoms with Crippen molar-refractivity contribution in [2.24, 2.45) is 11.8 Å². The van der Waals surface area contributed by atoms with Crippen molar-refractivity contribution in [3.63, 3.8) is 0 Å². The fourth-order valence-electron chi connectivity index (χ4n) is 2.92. The normalized spacial score (nSPS) is 27.6. The van der Waals surface area contributed by atoms with Crippen molar-refractivity contribution >= 4 is 17.6 Å². The third kappa shape index (κ3) is 2.37. The summed E-state index contributed by atoms with van der Waals surface area (Å²) in [6.45, 7) is 4.02. The van der Waals surface area contributed by atoms with Crippen molar-refractivity contribution < 1.29 is 14.4 Å². The van der Waals surface area contributed by atoms with E-state index in [1.807, 2.05) is 13.8 Å². The number of carbonyl (C=O) groups is 3. The van der Waals surface area contributed by atoms with Gasteiger partial charge in [-0.2, -0.15) is 0 Å². The van der Waals surface area contributed by atoms with Crippen LogP contribution in [0.2, 0.25) is 0 Å². The minimum atomic E-state index is -0.269. The molecule has 0 saturated heterocycles. The first-order valence-electron chi connectivity index (χ1n) is 6.58. The quantitative estimate of drug-likeness (QED) is 0.712. The van der Waals surface area contributed by atoms with E-state index in [0.717, 1.165) is 19.3 Å². The van der Waals surface area contributed by atoms with Crippen LogP contribution in [0.1, 0.15) is 39.5 Å². The second kappa shape index (κ2) is 5.04. The highest BCUT2D eigenvalue weighted by atomic mass is 16.2. The van der Waals surface area contributed by atoms with E-state index in [-0.39, 0.29) is 29.6 Å². The molecule has 4 heteroatoms. The molecule has 1 fully saturated rings. The monoisotopic (exact) mass is 249 g/mol. The van der Waals surface area contributed by atoms with Gasteiger partial charge in [0, 0.05) is 24.5 Å². The highest BCUT2D eigenvalue weighted by molar-refractivity contribution is 6.13. The summed E-state index contributed by atoms with van der Waals surface area (Å²) in [7, 11) is 0. The molecule has 0 aromatic rings. The lowest BCUT2D eigenvalue weighted by Crippen LogP contribution is -2.44. The molecule has 2 amide bonds. The third-order valence-corrected chi connectivity index (χ3v) is 3.68. The minimum absolute atomic E-state index is 0.153. The Hall–Kier alpha value is -1.45. The Balaban J connectivity index is 2.10. The van der Waals surface area contributed by atoms with Gasteiger partial charge in [-0.15, -0.1) is 0 Å². The summed E-state index contributed by atoms with van der Waals surface area (Å²) in [6, 6.07) is -0.216. The minimum Gasteiger partial charge on any atom is -0.299 e. The van der Waals surface area contributed by atoms with E-state index in [1.165, 1.54) is 17.1 Å². The number of hydrogen-bond acceptors (Lipinski definition) is 3. The molecule has 0 N–H and O–H groups in total. The van der Waals surface area contributed by atoms with E-state index < -0.39 is 0 Å². The lowest BCUT2D eigenvalue weighted by Gasteiger charge is -2.27. The zero-order valence-corrected chi connectivity index (χ0v) is 10.9. The molecule has 1 aliphatic carbocycles. The molecule has 2 aliphatic rings. The van der Waals surface area contributed by atoms with Crippen molar-refractivity contribution in [2.75, 3.05) is 0 Å². The van der Waals surface area contributed by atoms with Gasteiger partial charge in [0.1, 0.15) is 5.78 Å². The number of Topliss-reactive ketones (excluding diaryl/α,β-unsaturated/α-hetero) is 1. The van der Waals surface area contributed by atoms with Crippen molar-refractivity contribution in [2.45, 2.75) is 45.6 Å². The molecular weight excluding hydrogens is 230 g/mol. The van der Waals surface area contributed by atoms with Gasteiger partial charge in [-0.3, -0.25) is 19.3 Å². The number of nitrogens with zero attached hydrogens (tertiary/aromatic N) is 1. The fraction of sp³-hybridized carbons (Fsp3) is 0.643. The standard InChI is InChI=1S/C14H19NO3/c1-9(2)8-12(16)10-4-3-5-11(10)15-13(17)6-7-14(15)18/h6-7,9-11H,3-5,8H2,1-2H3/t10-,11-/m0/s1. The van der Waals surface area contributed by atoms with Crippen LogP contribution in [-0.4, -0.2) is 28.5 Å². The summed E-state index contributed by atoms with van der Waals surface area (Å²) < 4.78 is 0. The van der Waals surface area contributed by atoms with E-state index in [4.69, 9.17) is 0 Å². The molecule has 2 rings (SSSR count). The lowest BCUT2D eigenvalue weighted by atomic mass is 9.91. The van der Waals surface area contributed by atoms with Gasteiger partial charge in [-0.05, 0) is 18.8 Å². The van der Waals surface area contributed by atoms with Crippen LogP contribution in [0.5, 0.6) is 0 Å². The van der Waals surface area contributed by atoms with Crippen LogP contribution in [0.15, 0.2) is 12.2 Å². The predicted molar refractivity (Wildman–Crippen MR) is 66.6 cm³/mol. The number of ketones is 1. The molecule has 1 aliphatic heterocycles. The van der Waals surface area contributed by atoms with Gasteiger partial charge in [0.25, 0.3) is 11.8 Å². The second-order valence-electron chi connectivity index (χ2n) is 5.55. The maximum Gasteiger partial charge on any atom is 0.253 e.